The lowest BCUT2D eigenvalue weighted by Crippen LogP contribution is -2.39. The van der Waals surface area contributed by atoms with Crippen molar-refractivity contribution in [1.82, 2.24) is 14.8 Å². The number of likely N-dealkylation sites (tertiary alicyclic amines) is 1. The van der Waals surface area contributed by atoms with Crippen LogP contribution in [-0.2, 0) is 0 Å². The van der Waals surface area contributed by atoms with Gasteiger partial charge in [0.2, 0.25) is 0 Å². The number of rotatable bonds is 5. The van der Waals surface area contributed by atoms with Crippen molar-refractivity contribution in [2.75, 3.05) is 38.0 Å². The average molecular weight is 344 g/mol. The molecule has 134 valence electrons. The maximum Gasteiger partial charge on any atom is 0.401 e. The number of urea groups is 1. The predicted octanol–water partition coefficient (Wildman–Crippen LogP) is 3.13. The summed E-state index contributed by atoms with van der Waals surface area (Å²) in [7, 11) is 0. The van der Waals surface area contributed by atoms with E-state index in [9.17, 15) is 18.0 Å². The Morgan fingerprint density at radius 2 is 2.21 bits per heavy atom. The second-order valence-electron chi connectivity index (χ2n) is 6.14. The summed E-state index contributed by atoms with van der Waals surface area (Å²) in [5, 5.41) is 2.73. The number of pyridine rings is 1. The van der Waals surface area contributed by atoms with E-state index in [2.05, 4.69) is 10.3 Å². The molecular formula is C16H23F3N4O. The summed E-state index contributed by atoms with van der Waals surface area (Å²) in [6, 6.07) is 5.10. The molecule has 0 saturated carbocycles. The molecule has 24 heavy (non-hydrogen) atoms. The number of amides is 2. The molecule has 0 radical (unpaired) electrons. The van der Waals surface area contributed by atoms with Gasteiger partial charge in [-0.25, -0.2) is 9.78 Å². The molecule has 2 rings (SSSR count). The summed E-state index contributed by atoms with van der Waals surface area (Å²) in [5.41, 5.74) is 0.804. The van der Waals surface area contributed by atoms with Crippen LogP contribution in [0.25, 0.3) is 0 Å². The van der Waals surface area contributed by atoms with E-state index >= 15 is 0 Å². The summed E-state index contributed by atoms with van der Waals surface area (Å²) >= 11 is 0. The number of carbonyl (C=O) groups is 1. The Morgan fingerprint density at radius 3 is 2.83 bits per heavy atom. The van der Waals surface area contributed by atoms with Gasteiger partial charge in [-0.05, 0) is 37.9 Å². The third-order valence-corrected chi connectivity index (χ3v) is 4.06. The minimum absolute atomic E-state index is 0.0588. The zero-order valence-corrected chi connectivity index (χ0v) is 13.9. The number of carbonyl (C=O) groups excluding carboxylic acids is 1. The van der Waals surface area contributed by atoms with Crippen LogP contribution in [0.1, 0.15) is 19.0 Å². The first kappa shape index (κ1) is 18.5. The maximum atomic E-state index is 12.5. The van der Waals surface area contributed by atoms with Gasteiger partial charge >= 0.3 is 12.2 Å². The molecule has 1 fully saturated rings. The van der Waals surface area contributed by atoms with Crippen LogP contribution in [0, 0.1) is 12.8 Å². The Hall–Kier alpha value is -1.83. The first-order valence-electron chi connectivity index (χ1n) is 8.05. The predicted molar refractivity (Wildman–Crippen MR) is 85.8 cm³/mol. The molecule has 1 aromatic rings. The van der Waals surface area contributed by atoms with Crippen LogP contribution in [0.15, 0.2) is 18.2 Å². The number of hydrogen-bond donors (Lipinski definition) is 1. The molecule has 0 bridgehead atoms. The van der Waals surface area contributed by atoms with Gasteiger partial charge in [0.1, 0.15) is 5.82 Å². The number of aryl methyl sites for hydroxylation is 1. The van der Waals surface area contributed by atoms with Crippen LogP contribution >= 0.6 is 0 Å². The van der Waals surface area contributed by atoms with E-state index in [0.717, 1.165) is 5.69 Å². The summed E-state index contributed by atoms with van der Waals surface area (Å²) in [6.45, 7) is 4.35. The van der Waals surface area contributed by atoms with Crippen molar-refractivity contribution in [2.45, 2.75) is 26.4 Å². The number of alkyl halides is 3. The minimum Gasteiger partial charge on any atom is -0.324 e. The fraction of sp³-hybridized carbons (Fsp3) is 0.625. The van der Waals surface area contributed by atoms with Gasteiger partial charge in [0, 0.05) is 25.3 Å². The molecule has 1 aromatic heterocycles. The van der Waals surface area contributed by atoms with Gasteiger partial charge < -0.3 is 4.90 Å². The summed E-state index contributed by atoms with van der Waals surface area (Å²) in [5.74, 6) is 0.541. The highest BCUT2D eigenvalue weighted by Crippen LogP contribution is 2.21. The Balaban J connectivity index is 1.84. The van der Waals surface area contributed by atoms with Gasteiger partial charge in [0.15, 0.2) is 0 Å². The van der Waals surface area contributed by atoms with Crippen LogP contribution in [-0.4, -0.2) is 59.7 Å². The van der Waals surface area contributed by atoms with Crippen molar-refractivity contribution in [3.8, 4) is 0 Å². The van der Waals surface area contributed by atoms with Gasteiger partial charge in [-0.2, -0.15) is 13.2 Å². The molecule has 5 nitrogen and oxygen atoms in total. The molecule has 0 aromatic carbocycles. The molecule has 0 spiro atoms. The molecule has 1 atom stereocenters. The van der Waals surface area contributed by atoms with Gasteiger partial charge in [-0.15, -0.1) is 0 Å². The van der Waals surface area contributed by atoms with Gasteiger partial charge in [0.05, 0.1) is 6.54 Å². The molecule has 8 heteroatoms. The van der Waals surface area contributed by atoms with Crippen LogP contribution in [0.2, 0.25) is 0 Å². The smallest absolute Gasteiger partial charge is 0.324 e. The number of hydrogen-bond acceptors (Lipinski definition) is 3. The second-order valence-corrected chi connectivity index (χ2v) is 6.14. The molecule has 1 aliphatic heterocycles. The fourth-order valence-corrected chi connectivity index (χ4v) is 2.89. The van der Waals surface area contributed by atoms with Crippen molar-refractivity contribution in [3.05, 3.63) is 23.9 Å². The van der Waals surface area contributed by atoms with E-state index in [0.29, 0.717) is 38.4 Å². The highest BCUT2D eigenvalue weighted by molar-refractivity contribution is 5.88. The minimum atomic E-state index is -4.19. The van der Waals surface area contributed by atoms with Gasteiger partial charge in [0.25, 0.3) is 0 Å². The third kappa shape index (κ3) is 5.67. The molecule has 1 N–H and O–H groups in total. The zero-order valence-electron chi connectivity index (χ0n) is 13.9. The Labute approximate surface area is 139 Å². The van der Waals surface area contributed by atoms with E-state index in [-0.39, 0.29) is 11.9 Å². The molecular weight excluding hydrogens is 321 g/mol. The van der Waals surface area contributed by atoms with Crippen LogP contribution in [0.5, 0.6) is 0 Å². The molecule has 1 saturated heterocycles. The van der Waals surface area contributed by atoms with Crippen molar-refractivity contribution in [2.24, 2.45) is 5.92 Å². The monoisotopic (exact) mass is 344 g/mol. The average Bonchev–Trinajstić information content (AvgIpc) is 2.94. The SMILES string of the molecule is CCN(CC1CCN(C(=O)Nc2cccc(C)n2)C1)CC(F)(F)F. The topological polar surface area (TPSA) is 48.5 Å². The molecule has 2 amide bonds. The second kappa shape index (κ2) is 7.83. The summed E-state index contributed by atoms with van der Waals surface area (Å²) in [4.78, 5) is 19.5. The van der Waals surface area contributed by atoms with Gasteiger partial charge in [-0.3, -0.25) is 10.2 Å². The third-order valence-electron chi connectivity index (χ3n) is 4.06. The zero-order chi connectivity index (χ0) is 17.7. The van der Waals surface area contributed by atoms with Crippen molar-refractivity contribution in [3.63, 3.8) is 0 Å². The molecule has 0 aliphatic carbocycles. The Morgan fingerprint density at radius 1 is 1.46 bits per heavy atom. The number of anilines is 1. The lowest BCUT2D eigenvalue weighted by Gasteiger charge is -2.25. The lowest BCUT2D eigenvalue weighted by atomic mass is 10.1. The first-order chi connectivity index (χ1) is 11.3. The molecule has 1 aliphatic rings. The van der Waals surface area contributed by atoms with E-state index in [1.807, 2.05) is 13.0 Å². The Kier molecular flexibility index (Phi) is 6.04. The van der Waals surface area contributed by atoms with E-state index in [4.69, 9.17) is 0 Å². The fourth-order valence-electron chi connectivity index (χ4n) is 2.89. The van der Waals surface area contributed by atoms with E-state index in [1.165, 1.54) is 4.90 Å². The van der Waals surface area contributed by atoms with Gasteiger partial charge in [-0.1, -0.05) is 13.0 Å². The Bertz CT molecular complexity index is 564. The van der Waals surface area contributed by atoms with Crippen LogP contribution < -0.4 is 5.32 Å². The first-order valence-corrected chi connectivity index (χ1v) is 8.05. The largest absolute Gasteiger partial charge is 0.401 e. The quantitative estimate of drug-likeness (QED) is 0.893. The number of aromatic nitrogens is 1. The van der Waals surface area contributed by atoms with Crippen molar-refractivity contribution >= 4 is 11.8 Å². The highest BCUT2D eigenvalue weighted by atomic mass is 19.4. The van der Waals surface area contributed by atoms with Crippen molar-refractivity contribution in [1.29, 1.82) is 0 Å². The van der Waals surface area contributed by atoms with Crippen LogP contribution in [0.4, 0.5) is 23.8 Å². The number of nitrogens with one attached hydrogen (secondary N) is 1. The number of nitrogens with zero attached hydrogens (tertiary/aromatic N) is 3. The normalized spacial score (nSPS) is 18.2. The highest BCUT2D eigenvalue weighted by Gasteiger charge is 2.33. The van der Waals surface area contributed by atoms with E-state index in [1.54, 1.807) is 24.0 Å². The van der Waals surface area contributed by atoms with Crippen LogP contribution in [0.3, 0.4) is 0 Å². The molecule has 1 unspecified atom stereocenters. The number of halogens is 3. The summed E-state index contributed by atoms with van der Waals surface area (Å²) in [6.07, 6.45) is -3.48. The standard InChI is InChI=1S/C16H23F3N4O/c1-3-22(11-16(17,18)19)9-13-7-8-23(10-13)15(24)21-14-6-4-5-12(2)20-14/h4-6,13H,3,7-11H2,1-2H3,(H,20,21,24). The molecule has 2 heterocycles. The lowest BCUT2D eigenvalue weighted by molar-refractivity contribution is -0.146. The maximum absolute atomic E-state index is 12.5. The summed E-state index contributed by atoms with van der Waals surface area (Å²) < 4.78 is 37.6. The van der Waals surface area contributed by atoms with E-state index < -0.39 is 12.7 Å². The van der Waals surface area contributed by atoms with Crippen molar-refractivity contribution < 1.29 is 18.0 Å².